The van der Waals surface area contributed by atoms with E-state index in [1.807, 2.05) is 0 Å². The molecule has 0 aliphatic heterocycles. The molecule has 246 valence electrons. The minimum absolute atomic E-state index is 0.0171. The van der Waals surface area contributed by atoms with Gasteiger partial charge >= 0.3 is 17.9 Å². The van der Waals surface area contributed by atoms with Gasteiger partial charge in [-0.25, -0.2) is 4.79 Å². The van der Waals surface area contributed by atoms with Crippen LogP contribution in [0.1, 0.15) is 123 Å². The molecule has 0 aromatic carbocycles. The number of hydrogen-bond acceptors (Lipinski definition) is 8. The number of esters is 3. The van der Waals surface area contributed by atoms with E-state index in [2.05, 4.69) is 20.4 Å². The van der Waals surface area contributed by atoms with Crippen molar-refractivity contribution < 1.29 is 38.4 Å². The van der Waals surface area contributed by atoms with E-state index in [1.165, 1.54) is 18.9 Å². The van der Waals surface area contributed by atoms with Gasteiger partial charge in [0.05, 0.1) is 24.5 Å². The summed E-state index contributed by atoms with van der Waals surface area (Å²) in [7, 11) is 0. The highest BCUT2D eigenvalue weighted by molar-refractivity contribution is 5.81. The van der Waals surface area contributed by atoms with Gasteiger partial charge in [-0.15, -0.1) is 0 Å². The maximum absolute atomic E-state index is 13.0. The lowest BCUT2D eigenvalue weighted by atomic mass is 9.79. The molecule has 43 heavy (non-hydrogen) atoms. The van der Waals surface area contributed by atoms with Crippen molar-refractivity contribution in [3.63, 3.8) is 0 Å². The van der Waals surface area contributed by atoms with Crippen LogP contribution in [0.3, 0.4) is 0 Å². The minimum Gasteiger partial charge on any atom is -0.463 e. The number of carbonyl (C=O) groups is 3. The van der Waals surface area contributed by atoms with Crippen molar-refractivity contribution in [3.05, 3.63) is 12.7 Å². The largest absolute Gasteiger partial charge is 0.463 e. The average Bonchev–Trinajstić information content (AvgIpc) is 3.03. The second-order valence-corrected chi connectivity index (χ2v) is 13.4. The smallest absolute Gasteiger partial charge is 0.330 e. The van der Waals surface area contributed by atoms with E-state index in [-0.39, 0.29) is 60.6 Å². The summed E-state index contributed by atoms with van der Waals surface area (Å²) in [5.41, 5.74) is 0. The van der Waals surface area contributed by atoms with E-state index in [4.69, 9.17) is 18.9 Å². The molecular formula is C35H58O8. The first kappa shape index (κ1) is 35.5. The van der Waals surface area contributed by atoms with Crippen LogP contribution in [0.15, 0.2) is 12.7 Å². The van der Waals surface area contributed by atoms with Crippen LogP contribution >= 0.6 is 0 Å². The van der Waals surface area contributed by atoms with Crippen LogP contribution < -0.4 is 0 Å². The maximum Gasteiger partial charge on any atom is 0.330 e. The molecule has 0 bridgehead atoms. The van der Waals surface area contributed by atoms with Gasteiger partial charge in [-0.05, 0) is 108 Å². The van der Waals surface area contributed by atoms with Crippen molar-refractivity contribution in [1.29, 1.82) is 0 Å². The third kappa shape index (κ3) is 12.5. The van der Waals surface area contributed by atoms with Crippen LogP contribution in [0.2, 0.25) is 0 Å². The lowest BCUT2D eigenvalue weighted by Crippen LogP contribution is -2.40. The SMILES string of the molecule is C=CC(=O)OCCCCCCOC1CCC(C(=O)OC2CCC(C(=O)OC3CCC(CC(C)CC)CC3)CC2CO)CC1. The van der Waals surface area contributed by atoms with Gasteiger partial charge in [-0.2, -0.15) is 0 Å². The highest BCUT2D eigenvalue weighted by Gasteiger charge is 2.39. The zero-order valence-corrected chi connectivity index (χ0v) is 26.9. The Bertz CT molecular complexity index is 843. The number of aliphatic hydroxyl groups is 1. The van der Waals surface area contributed by atoms with E-state index < -0.39 is 0 Å². The normalized spacial score (nSPS) is 30.2. The molecule has 0 aromatic rings. The Morgan fingerprint density at radius 1 is 0.814 bits per heavy atom. The van der Waals surface area contributed by atoms with Gasteiger partial charge in [0.15, 0.2) is 0 Å². The Morgan fingerprint density at radius 3 is 2.09 bits per heavy atom. The first-order valence-corrected chi connectivity index (χ1v) is 17.2. The van der Waals surface area contributed by atoms with Gasteiger partial charge < -0.3 is 24.1 Å². The molecule has 3 rings (SSSR count). The number of unbranched alkanes of at least 4 members (excludes halogenated alkanes) is 3. The summed E-state index contributed by atoms with van der Waals surface area (Å²) in [5.74, 6) is 0.239. The standard InChI is InChI=1S/C35H58O8/c1-4-25(3)22-26-10-15-31(16-11-26)42-35(39)28-14-19-32(29(23-28)24-36)43-34(38)27-12-17-30(18-13-27)40-20-8-6-7-9-21-41-33(37)5-2/h5,25-32,36H,2,4,6-24H2,1,3H3. The molecule has 0 saturated heterocycles. The molecule has 4 unspecified atom stereocenters. The Kier molecular flexibility index (Phi) is 16.1. The van der Waals surface area contributed by atoms with E-state index in [1.54, 1.807) is 0 Å². The predicted molar refractivity (Wildman–Crippen MR) is 165 cm³/mol. The third-order valence-corrected chi connectivity index (χ3v) is 10.1. The van der Waals surface area contributed by atoms with Crippen molar-refractivity contribution >= 4 is 17.9 Å². The lowest BCUT2D eigenvalue weighted by Gasteiger charge is -2.36. The fourth-order valence-electron chi connectivity index (χ4n) is 7.03. The average molecular weight is 607 g/mol. The molecule has 0 spiro atoms. The highest BCUT2D eigenvalue weighted by Crippen LogP contribution is 2.36. The maximum atomic E-state index is 13.0. The number of hydrogen-bond donors (Lipinski definition) is 1. The zero-order valence-electron chi connectivity index (χ0n) is 26.9. The topological polar surface area (TPSA) is 108 Å². The lowest BCUT2D eigenvalue weighted by molar-refractivity contribution is -0.167. The van der Waals surface area contributed by atoms with Gasteiger partial charge in [0.25, 0.3) is 0 Å². The molecule has 3 fully saturated rings. The van der Waals surface area contributed by atoms with Crippen LogP contribution in [0.5, 0.6) is 0 Å². The third-order valence-electron chi connectivity index (χ3n) is 10.1. The van der Waals surface area contributed by atoms with Crippen LogP contribution in [0.4, 0.5) is 0 Å². The Labute approximate surface area is 259 Å². The summed E-state index contributed by atoms with van der Waals surface area (Å²) >= 11 is 0. The summed E-state index contributed by atoms with van der Waals surface area (Å²) in [5, 5.41) is 10.1. The summed E-state index contributed by atoms with van der Waals surface area (Å²) < 4.78 is 22.9. The molecule has 0 radical (unpaired) electrons. The summed E-state index contributed by atoms with van der Waals surface area (Å²) in [6.07, 6.45) is 16.5. The second-order valence-electron chi connectivity index (χ2n) is 13.4. The van der Waals surface area contributed by atoms with Crippen LogP contribution in [-0.4, -0.2) is 61.1 Å². The highest BCUT2D eigenvalue weighted by atomic mass is 16.6. The monoisotopic (exact) mass is 606 g/mol. The van der Waals surface area contributed by atoms with Gasteiger partial charge in [0, 0.05) is 25.2 Å². The second kappa shape index (κ2) is 19.5. The quantitative estimate of drug-likeness (QED) is 0.0842. The van der Waals surface area contributed by atoms with Gasteiger partial charge in [-0.3, -0.25) is 9.59 Å². The summed E-state index contributed by atoms with van der Waals surface area (Å²) in [6.45, 7) is 8.99. The predicted octanol–water partition coefficient (Wildman–Crippen LogP) is 6.71. The summed E-state index contributed by atoms with van der Waals surface area (Å²) in [6, 6.07) is 0. The number of rotatable bonds is 17. The van der Waals surface area contributed by atoms with Crippen molar-refractivity contribution in [3.8, 4) is 0 Å². The van der Waals surface area contributed by atoms with E-state index >= 15 is 0 Å². The molecule has 8 nitrogen and oxygen atoms in total. The Balaban J connectivity index is 1.28. The molecule has 0 heterocycles. The van der Waals surface area contributed by atoms with Crippen LogP contribution in [0, 0.1) is 29.6 Å². The van der Waals surface area contributed by atoms with Crippen molar-refractivity contribution in [1.82, 2.24) is 0 Å². The Hall–Kier alpha value is -1.93. The van der Waals surface area contributed by atoms with Crippen molar-refractivity contribution in [2.75, 3.05) is 19.8 Å². The molecule has 3 saturated carbocycles. The number of carbonyl (C=O) groups excluding carboxylic acids is 3. The zero-order chi connectivity index (χ0) is 31.0. The van der Waals surface area contributed by atoms with Crippen molar-refractivity contribution in [2.24, 2.45) is 29.6 Å². The van der Waals surface area contributed by atoms with Crippen LogP contribution in [0.25, 0.3) is 0 Å². The first-order chi connectivity index (χ1) is 20.8. The fraction of sp³-hybridized carbons (Fsp3) is 0.857. The molecule has 0 aromatic heterocycles. The molecule has 3 aliphatic carbocycles. The summed E-state index contributed by atoms with van der Waals surface area (Å²) in [4.78, 5) is 37.0. The molecule has 0 amide bonds. The van der Waals surface area contributed by atoms with Gasteiger partial charge in [0.2, 0.25) is 0 Å². The van der Waals surface area contributed by atoms with E-state index in [0.717, 1.165) is 88.9 Å². The molecule has 1 N–H and O–H groups in total. The Morgan fingerprint density at radius 2 is 1.44 bits per heavy atom. The number of ether oxygens (including phenoxy) is 4. The number of aliphatic hydroxyl groups excluding tert-OH is 1. The van der Waals surface area contributed by atoms with Gasteiger partial charge in [-0.1, -0.05) is 33.3 Å². The van der Waals surface area contributed by atoms with Crippen molar-refractivity contribution in [2.45, 2.75) is 141 Å². The first-order valence-electron chi connectivity index (χ1n) is 17.2. The molecule has 8 heteroatoms. The van der Waals surface area contributed by atoms with E-state index in [0.29, 0.717) is 32.5 Å². The minimum atomic E-state index is -0.375. The molecule has 3 aliphatic rings. The molecule has 4 atom stereocenters. The van der Waals surface area contributed by atoms with Crippen LogP contribution in [-0.2, 0) is 33.3 Å². The fourth-order valence-corrected chi connectivity index (χ4v) is 7.03. The molecular weight excluding hydrogens is 548 g/mol. The van der Waals surface area contributed by atoms with Gasteiger partial charge in [0.1, 0.15) is 12.2 Å². The van der Waals surface area contributed by atoms with E-state index in [9.17, 15) is 19.5 Å².